The van der Waals surface area contributed by atoms with Crippen LogP contribution in [0.1, 0.15) is 0 Å². The van der Waals surface area contributed by atoms with Crippen molar-refractivity contribution in [2.75, 3.05) is 30.3 Å². The number of nitrogens with zero attached hydrogens (tertiary/aromatic N) is 3. The molecule has 0 aliphatic carbocycles. The van der Waals surface area contributed by atoms with Crippen molar-refractivity contribution < 1.29 is 5.11 Å². The summed E-state index contributed by atoms with van der Waals surface area (Å²) in [4.78, 5) is 14.6. The molecule has 0 amide bonds. The third-order valence-corrected chi connectivity index (χ3v) is 5.32. The number of para-hydroxylation sites is 2. The third-order valence-electron chi connectivity index (χ3n) is 4.13. The predicted octanol–water partition coefficient (Wildman–Crippen LogP) is 2.70. The molecule has 0 radical (unpaired) electrons. The first kappa shape index (κ1) is 16.7. The Hall–Kier alpha value is -1.80. The molecule has 1 aromatic carbocycles. The number of halogens is 1. The normalized spacial score (nSPS) is 14.9. The Labute approximate surface area is 154 Å². The lowest BCUT2D eigenvalue weighted by atomic mass is 10.1. The van der Waals surface area contributed by atoms with Gasteiger partial charge in [-0.25, -0.2) is 9.97 Å². The molecular weight excluding hydrogens is 358 g/mol. The van der Waals surface area contributed by atoms with E-state index >= 15 is 0 Å². The lowest BCUT2D eigenvalue weighted by Crippen LogP contribution is -2.56. The van der Waals surface area contributed by atoms with Crippen LogP contribution < -0.4 is 9.62 Å². The average Bonchev–Trinajstić information content (AvgIpc) is 3.01. The van der Waals surface area contributed by atoms with E-state index in [1.165, 1.54) is 0 Å². The van der Waals surface area contributed by atoms with E-state index in [-0.39, 0.29) is 6.61 Å². The molecule has 6 nitrogen and oxygen atoms in total. The number of rotatable bonds is 6. The van der Waals surface area contributed by atoms with Crippen LogP contribution in [0, 0.1) is 0 Å². The van der Waals surface area contributed by atoms with Crippen LogP contribution in [0.15, 0.2) is 36.5 Å². The number of aromatic nitrogens is 3. The standard InChI is InChI=1S/C17H18ClN5OS/c18-13-8-19-16(23-9-11(10-23)22-25-6-5-24)7-12(13)17-20-14-3-1-2-4-15(14)21-17/h1-4,7-8,11,22,24H,5-6,9-10H2,(H,20,21). The molecule has 0 unspecified atom stereocenters. The molecular formula is C17H18ClN5OS. The van der Waals surface area contributed by atoms with E-state index in [9.17, 15) is 0 Å². The summed E-state index contributed by atoms with van der Waals surface area (Å²) in [6.45, 7) is 1.95. The van der Waals surface area contributed by atoms with Crippen molar-refractivity contribution in [3.8, 4) is 11.4 Å². The van der Waals surface area contributed by atoms with Crippen LogP contribution in [0.5, 0.6) is 0 Å². The Morgan fingerprint density at radius 3 is 3.00 bits per heavy atom. The summed E-state index contributed by atoms with van der Waals surface area (Å²) >= 11 is 7.91. The van der Waals surface area contributed by atoms with Crippen molar-refractivity contribution >= 4 is 40.4 Å². The number of hydrogen-bond acceptors (Lipinski definition) is 6. The van der Waals surface area contributed by atoms with Gasteiger partial charge in [0.15, 0.2) is 0 Å². The zero-order valence-corrected chi connectivity index (χ0v) is 15.0. The molecule has 4 rings (SSSR count). The van der Waals surface area contributed by atoms with Gasteiger partial charge in [0.2, 0.25) is 0 Å². The molecule has 0 bridgehead atoms. The maximum Gasteiger partial charge on any atom is 0.140 e. The van der Waals surface area contributed by atoms with Gasteiger partial charge in [0, 0.05) is 30.6 Å². The van der Waals surface area contributed by atoms with E-state index < -0.39 is 0 Å². The number of nitrogens with one attached hydrogen (secondary N) is 2. The van der Waals surface area contributed by atoms with E-state index in [0.717, 1.165) is 41.3 Å². The summed E-state index contributed by atoms with van der Waals surface area (Å²) in [6, 6.07) is 10.3. The molecule has 1 aliphatic heterocycles. The lowest BCUT2D eigenvalue weighted by molar-refractivity contribution is 0.322. The van der Waals surface area contributed by atoms with Gasteiger partial charge in [-0.1, -0.05) is 35.7 Å². The van der Waals surface area contributed by atoms with Gasteiger partial charge in [0.25, 0.3) is 0 Å². The number of aliphatic hydroxyl groups excluding tert-OH is 1. The van der Waals surface area contributed by atoms with Crippen molar-refractivity contribution in [1.29, 1.82) is 0 Å². The number of H-pyrrole nitrogens is 1. The van der Waals surface area contributed by atoms with Crippen LogP contribution in [-0.2, 0) is 0 Å². The van der Waals surface area contributed by atoms with Gasteiger partial charge in [-0.3, -0.25) is 4.72 Å². The zero-order valence-electron chi connectivity index (χ0n) is 13.4. The quantitative estimate of drug-likeness (QED) is 0.454. The maximum atomic E-state index is 8.81. The van der Waals surface area contributed by atoms with Gasteiger partial charge in [-0.05, 0) is 18.2 Å². The Morgan fingerprint density at radius 1 is 1.36 bits per heavy atom. The van der Waals surface area contributed by atoms with Gasteiger partial charge in [-0.15, -0.1) is 0 Å². The monoisotopic (exact) mass is 375 g/mol. The molecule has 0 atom stereocenters. The topological polar surface area (TPSA) is 77.1 Å². The largest absolute Gasteiger partial charge is 0.395 e. The van der Waals surface area contributed by atoms with E-state index in [2.05, 4.69) is 24.6 Å². The van der Waals surface area contributed by atoms with E-state index in [0.29, 0.717) is 16.8 Å². The first-order valence-corrected chi connectivity index (χ1v) is 9.45. The number of benzene rings is 1. The summed E-state index contributed by atoms with van der Waals surface area (Å²) in [5.74, 6) is 2.35. The Kier molecular flexibility index (Phi) is 4.80. The van der Waals surface area contributed by atoms with Gasteiger partial charge in [-0.2, -0.15) is 0 Å². The van der Waals surface area contributed by atoms with Crippen LogP contribution in [0.4, 0.5) is 5.82 Å². The minimum absolute atomic E-state index is 0.188. The second-order valence-corrected chi connectivity index (χ2v) is 7.26. The number of imidazole rings is 1. The molecule has 1 aliphatic rings. The SMILES string of the molecule is OCCSNC1CN(c2cc(-c3nc4ccccc4[nH]3)c(Cl)cn2)C1. The summed E-state index contributed by atoms with van der Waals surface area (Å²) in [5.41, 5.74) is 2.76. The van der Waals surface area contributed by atoms with Crippen LogP contribution in [0.25, 0.3) is 22.4 Å². The van der Waals surface area contributed by atoms with Crippen molar-refractivity contribution in [3.05, 3.63) is 41.6 Å². The fourth-order valence-corrected chi connectivity index (χ4v) is 3.61. The van der Waals surface area contributed by atoms with Gasteiger partial charge < -0.3 is 15.0 Å². The molecule has 25 heavy (non-hydrogen) atoms. The van der Waals surface area contributed by atoms with E-state index in [1.54, 1.807) is 18.1 Å². The smallest absolute Gasteiger partial charge is 0.140 e. The maximum absolute atomic E-state index is 8.81. The van der Waals surface area contributed by atoms with Gasteiger partial charge in [0.05, 0.1) is 28.7 Å². The molecule has 3 aromatic rings. The molecule has 1 fully saturated rings. The summed E-state index contributed by atoms with van der Waals surface area (Å²) in [6.07, 6.45) is 1.68. The molecule has 0 saturated carbocycles. The van der Waals surface area contributed by atoms with Gasteiger partial charge in [0.1, 0.15) is 11.6 Å². The van der Waals surface area contributed by atoms with Crippen molar-refractivity contribution in [1.82, 2.24) is 19.7 Å². The van der Waals surface area contributed by atoms with E-state index in [4.69, 9.17) is 16.7 Å². The van der Waals surface area contributed by atoms with Crippen LogP contribution in [0.3, 0.4) is 0 Å². The molecule has 130 valence electrons. The second kappa shape index (κ2) is 7.21. The highest BCUT2D eigenvalue weighted by Gasteiger charge is 2.28. The lowest BCUT2D eigenvalue weighted by Gasteiger charge is -2.40. The second-order valence-electron chi connectivity index (χ2n) is 5.92. The Balaban J connectivity index is 1.52. The summed E-state index contributed by atoms with van der Waals surface area (Å²) in [7, 11) is 0. The molecule has 0 spiro atoms. The minimum Gasteiger partial charge on any atom is -0.395 e. The van der Waals surface area contributed by atoms with Crippen LogP contribution in [0.2, 0.25) is 5.02 Å². The predicted molar refractivity (Wildman–Crippen MR) is 103 cm³/mol. The molecule has 3 N–H and O–H groups in total. The molecule has 2 aromatic heterocycles. The Morgan fingerprint density at radius 2 is 2.20 bits per heavy atom. The van der Waals surface area contributed by atoms with Crippen LogP contribution in [-0.4, -0.2) is 51.5 Å². The number of aromatic amines is 1. The Bertz CT molecular complexity index is 847. The van der Waals surface area contributed by atoms with Crippen molar-refractivity contribution in [2.24, 2.45) is 0 Å². The molecule has 8 heteroatoms. The summed E-state index contributed by atoms with van der Waals surface area (Å²) < 4.78 is 3.34. The van der Waals surface area contributed by atoms with Crippen LogP contribution >= 0.6 is 23.5 Å². The zero-order chi connectivity index (χ0) is 17.2. The average molecular weight is 376 g/mol. The number of hydrogen-bond donors (Lipinski definition) is 3. The highest BCUT2D eigenvalue weighted by atomic mass is 35.5. The first-order valence-electron chi connectivity index (χ1n) is 8.08. The third kappa shape index (κ3) is 3.46. The van der Waals surface area contributed by atoms with Crippen molar-refractivity contribution in [3.63, 3.8) is 0 Å². The molecule has 1 saturated heterocycles. The highest BCUT2D eigenvalue weighted by Crippen LogP contribution is 2.31. The van der Waals surface area contributed by atoms with E-state index in [1.807, 2.05) is 30.3 Å². The minimum atomic E-state index is 0.188. The van der Waals surface area contributed by atoms with Gasteiger partial charge >= 0.3 is 0 Å². The van der Waals surface area contributed by atoms with Crippen molar-refractivity contribution in [2.45, 2.75) is 6.04 Å². The number of aliphatic hydroxyl groups is 1. The number of anilines is 1. The number of fused-ring (bicyclic) bond motifs is 1. The summed E-state index contributed by atoms with van der Waals surface area (Å²) in [5, 5.41) is 9.39. The molecule has 3 heterocycles. The highest BCUT2D eigenvalue weighted by molar-refractivity contribution is 7.97. The fraction of sp³-hybridized carbons (Fsp3) is 0.294. The fourth-order valence-electron chi connectivity index (χ4n) is 2.83. The number of pyridine rings is 1. The first-order chi connectivity index (χ1) is 12.2.